The van der Waals surface area contributed by atoms with Gasteiger partial charge in [-0.1, -0.05) is 11.6 Å². The number of rotatable bonds is 2. The summed E-state index contributed by atoms with van der Waals surface area (Å²) in [6.07, 6.45) is 0. The summed E-state index contributed by atoms with van der Waals surface area (Å²) in [7, 11) is 3.87. The Morgan fingerprint density at radius 1 is 1.50 bits per heavy atom. The van der Waals surface area contributed by atoms with Gasteiger partial charge in [-0.3, -0.25) is 4.68 Å². The third kappa shape index (κ3) is 1.49. The summed E-state index contributed by atoms with van der Waals surface area (Å²) >= 11 is 5.89. The van der Waals surface area contributed by atoms with Gasteiger partial charge in [0, 0.05) is 24.0 Å². The van der Waals surface area contributed by atoms with E-state index in [1.807, 2.05) is 37.0 Å². The summed E-state index contributed by atoms with van der Waals surface area (Å²) in [5.74, 6) is 0. The highest BCUT2D eigenvalue weighted by Crippen LogP contribution is 2.21. The van der Waals surface area contributed by atoms with Crippen molar-refractivity contribution in [3.63, 3.8) is 0 Å². The normalized spacial score (nSPS) is 11.1. The Kier molecular flexibility index (Phi) is 2.44. The van der Waals surface area contributed by atoms with E-state index >= 15 is 0 Å². The zero-order valence-electron chi connectivity index (χ0n) is 8.21. The van der Waals surface area contributed by atoms with Crippen molar-refractivity contribution >= 4 is 22.5 Å². The molecule has 74 valence electrons. The van der Waals surface area contributed by atoms with Gasteiger partial charge in [0.1, 0.15) is 0 Å². The molecule has 1 aromatic carbocycles. The first-order valence-electron chi connectivity index (χ1n) is 4.48. The number of nitrogens with one attached hydrogen (secondary N) is 1. The number of fused-ring (bicyclic) bond motifs is 1. The van der Waals surface area contributed by atoms with E-state index in [0.29, 0.717) is 0 Å². The highest BCUT2D eigenvalue weighted by molar-refractivity contribution is 6.31. The molecule has 0 aliphatic heterocycles. The maximum Gasteiger partial charge on any atom is 0.0941 e. The Labute approximate surface area is 87.7 Å². The minimum absolute atomic E-state index is 0.728. The Bertz CT molecular complexity index is 462. The van der Waals surface area contributed by atoms with Crippen LogP contribution in [0.4, 0.5) is 0 Å². The second-order valence-corrected chi connectivity index (χ2v) is 3.70. The lowest BCUT2D eigenvalue weighted by Gasteiger charge is -2.00. The van der Waals surface area contributed by atoms with Crippen molar-refractivity contribution in [2.24, 2.45) is 7.05 Å². The largest absolute Gasteiger partial charge is 0.314 e. The van der Waals surface area contributed by atoms with Crippen molar-refractivity contribution in [3.8, 4) is 0 Å². The molecule has 0 spiro atoms. The zero-order chi connectivity index (χ0) is 10.1. The topological polar surface area (TPSA) is 29.9 Å². The van der Waals surface area contributed by atoms with Crippen molar-refractivity contribution < 1.29 is 0 Å². The van der Waals surface area contributed by atoms with Crippen LogP contribution in [0.15, 0.2) is 18.2 Å². The van der Waals surface area contributed by atoms with Crippen molar-refractivity contribution in [1.29, 1.82) is 0 Å². The van der Waals surface area contributed by atoms with Crippen molar-refractivity contribution in [2.75, 3.05) is 7.05 Å². The maximum atomic E-state index is 5.89. The van der Waals surface area contributed by atoms with Crippen LogP contribution in [-0.2, 0) is 13.6 Å². The fraction of sp³-hybridized carbons (Fsp3) is 0.300. The monoisotopic (exact) mass is 209 g/mol. The van der Waals surface area contributed by atoms with E-state index < -0.39 is 0 Å². The summed E-state index contributed by atoms with van der Waals surface area (Å²) in [5.41, 5.74) is 2.13. The van der Waals surface area contributed by atoms with E-state index in [1.54, 1.807) is 0 Å². The first-order chi connectivity index (χ1) is 6.72. The Morgan fingerprint density at radius 3 is 3.00 bits per heavy atom. The standard InChI is InChI=1S/C10H12ClN3/c1-12-6-10-8-4-3-7(11)5-9(8)13-14(10)2/h3-5,12H,6H2,1-2H3. The summed E-state index contributed by atoms with van der Waals surface area (Å²) in [5, 5.41) is 9.40. The molecule has 0 bridgehead atoms. The van der Waals surface area contributed by atoms with Crippen LogP contribution in [0.1, 0.15) is 5.69 Å². The van der Waals surface area contributed by atoms with Gasteiger partial charge in [0.05, 0.1) is 11.2 Å². The van der Waals surface area contributed by atoms with Gasteiger partial charge in [-0.15, -0.1) is 0 Å². The molecule has 0 radical (unpaired) electrons. The second-order valence-electron chi connectivity index (χ2n) is 3.26. The van der Waals surface area contributed by atoms with E-state index in [4.69, 9.17) is 11.6 Å². The van der Waals surface area contributed by atoms with Gasteiger partial charge < -0.3 is 5.32 Å². The number of hydrogen-bond acceptors (Lipinski definition) is 2. The van der Waals surface area contributed by atoms with E-state index in [-0.39, 0.29) is 0 Å². The average molecular weight is 210 g/mol. The fourth-order valence-electron chi connectivity index (χ4n) is 1.60. The van der Waals surface area contributed by atoms with Crippen LogP contribution in [0.3, 0.4) is 0 Å². The van der Waals surface area contributed by atoms with Gasteiger partial charge >= 0.3 is 0 Å². The minimum atomic E-state index is 0.728. The molecule has 3 nitrogen and oxygen atoms in total. The third-order valence-electron chi connectivity index (χ3n) is 2.26. The zero-order valence-corrected chi connectivity index (χ0v) is 8.97. The molecule has 0 atom stereocenters. The number of halogens is 1. The lowest BCUT2D eigenvalue weighted by atomic mass is 10.2. The molecule has 4 heteroatoms. The van der Waals surface area contributed by atoms with Crippen LogP contribution in [0.25, 0.3) is 10.9 Å². The van der Waals surface area contributed by atoms with Crippen molar-refractivity contribution in [2.45, 2.75) is 6.54 Å². The van der Waals surface area contributed by atoms with E-state index in [2.05, 4.69) is 10.4 Å². The molecule has 2 aromatic rings. The highest BCUT2D eigenvalue weighted by atomic mass is 35.5. The second kappa shape index (κ2) is 3.59. The molecule has 0 saturated carbocycles. The van der Waals surface area contributed by atoms with E-state index in [1.165, 1.54) is 5.69 Å². The van der Waals surface area contributed by atoms with Crippen LogP contribution in [-0.4, -0.2) is 16.8 Å². The molecule has 0 aliphatic rings. The molecular weight excluding hydrogens is 198 g/mol. The lowest BCUT2D eigenvalue weighted by molar-refractivity contribution is 0.680. The van der Waals surface area contributed by atoms with Crippen LogP contribution in [0.5, 0.6) is 0 Å². The predicted octanol–water partition coefficient (Wildman–Crippen LogP) is 1.95. The van der Waals surface area contributed by atoms with Gasteiger partial charge in [0.15, 0.2) is 0 Å². The van der Waals surface area contributed by atoms with Crippen LogP contribution >= 0.6 is 11.6 Å². The molecule has 0 aliphatic carbocycles. The molecular formula is C10H12ClN3. The molecule has 0 fully saturated rings. The van der Waals surface area contributed by atoms with Crippen LogP contribution in [0.2, 0.25) is 5.02 Å². The number of benzene rings is 1. The fourth-order valence-corrected chi connectivity index (χ4v) is 1.77. The maximum absolute atomic E-state index is 5.89. The SMILES string of the molecule is CNCc1c2ccc(Cl)cc2nn1C. The summed E-state index contributed by atoms with van der Waals surface area (Å²) in [6, 6.07) is 5.79. The Balaban J connectivity index is 2.64. The number of aromatic nitrogens is 2. The summed E-state index contributed by atoms with van der Waals surface area (Å²) in [6.45, 7) is 0.814. The van der Waals surface area contributed by atoms with Gasteiger partial charge in [-0.25, -0.2) is 0 Å². The predicted molar refractivity (Wildman–Crippen MR) is 58.5 cm³/mol. The average Bonchev–Trinajstić information content (AvgIpc) is 2.43. The first kappa shape index (κ1) is 9.49. The van der Waals surface area contributed by atoms with Gasteiger partial charge in [-0.2, -0.15) is 5.10 Å². The number of nitrogens with zero attached hydrogens (tertiary/aromatic N) is 2. The molecule has 0 saturated heterocycles. The third-order valence-corrected chi connectivity index (χ3v) is 2.50. The lowest BCUT2D eigenvalue weighted by Crippen LogP contribution is -2.09. The smallest absolute Gasteiger partial charge is 0.0941 e. The summed E-state index contributed by atoms with van der Waals surface area (Å²) < 4.78 is 1.89. The molecule has 2 rings (SSSR count). The Hall–Kier alpha value is -1.06. The quantitative estimate of drug-likeness (QED) is 0.820. The van der Waals surface area contributed by atoms with E-state index in [9.17, 15) is 0 Å². The number of aryl methyl sites for hydroxylation is 1. The van der Waals surface area contributed by atoms with Crippen molar-refractivity contribution in [1.82, 2.24) is 15.1 Å². The number of hydrogen-bond donors (Lipinski definition) is 1. The molecule has 0 unspecified atom stereocenters. The minimum Gasteiger partial charge on any atom is -0.314 e. The Morgan fingerprint density at radius 2 is 2.29 bits per heavy atom. The van der Waals surface area contributed by atoms with Gasteiger partial charge in [0.25, 0.3) is 0 Å². The molecule has 1 aromatic heterocycles. The van der Waals surface area contributed by atoms with Gasteiger partial charge in [0.2, 0.25) is 0 Å². The highest BCUT2D eigenvalue weighted by Gasteiger charge is 2.07. The molecule has 0 amide bonds. The van der Waals surface area contributed by atoms with Crippen LogP contribution in [0, 0.1) is 0 Å². The van der Waals surface area contributed by atoms with E-state index in [0.717, 1.165) is 22.5 Å². The summed E-state index contributed by atoms with van der Waals surface area (Å²) in [4.78, 5) is 0. The van der Waals surface area contributed by atoms with Crippen molar-refractivity contribution in [3.05, 3.63) is 28.9 Å². The van der Waals surface area contributed by atoms with Gasteiger partial charge in [-0.05, 0) is 25.2 Å². The molecule has 1 N–H and O–H groups in total. The first-order valence-corrected chi connectivity index (χ1v) is 4.86. The molecule has 14 heavy (non-hydrogen) atoms. The van der Waals surface area contributed by atoms with Crippen LogP contribution < -0.4 is 5.32 Å². The molecule has 1 heterocycles.